The molecule has 0 saturated heterocycles. The standard InChI is InChI=1S/C21H22N2O2/c1-21(2)11-16(9-17(12-21)18(13-22)14-23)6-5-15-7-8-19(24-3)20(10-15)25-4/h5-10H,11-12H2,1-4H3/b6-5+. The molecule has 0 fully saturated rings. The van der Waals surface area contributed by atoms with Crippen molar-refractivity contribution >= 4 is 6.08 Å². The number of benzene rings is 1. The fourth-order valence-electron chi connectivity index (χ4n) is 3.05. The highest BCUT2D eigenvalue weighted by Crippen LogP contribution is 2.39. The van der Waals surface area contributed by atoms with Gasteiger partial charge in [0.15, 0.2) is 11.5 Å². The molecule has 2 rings (SSSR count). The van der Waals surface area contributed by atoms with Crippen LogP contribution in [-0.2, 0) is 0 Å². The molecule has 4 nitrogen and oxygen atoms in total. The normalized spacial score (nSPS) is 15.9. The lowest BCUT2D eigenvalue weighted by atomic mass is 9.74. The number of hydrogen-bond donors (Lipinski definition) is 0. The smallest absolute Gasteiger partial charge is 0.161 e. The first kappa shape index (κ1) is 18.4. The average molecular weight is 334 g/mol. The minimum atomic E-state index is 0.0142. The van der Waals surface area contributed by atoms with Crippen LogP contribution in [0, 0.1) is 28.1 Å². The summed E-state index contributed by atoms with van der Waals surface area (Å²) in [6, 6.07) is 9.74. The molecule has 0 bridgehead atoms. The summed E-state index contributed by atoms with van der Waals surface area (Å²) >= 11 is 0. The van der Waals surface area contributed by atoms with Crippen LogP contribution >= 0.6 is 0 Å². The summed E-state index contributed by atoms with van der Waals surface area (Å²) < 4.78 is 10.6. The van der Waals surface area contributed by atoms with E-state index in [-0.39, 0.29) is 11.0 Å². The van der Waals surface area contributed by atoms with Crippen LogP contribution in [0.15, 0.2) is 47.1 Å². The van der Waals surface area contributed by atoms with E-state index >= 15 is 0 Å². The molecule has 0 unspecified atom stereocenters. The molecule has 0 radical (unpaired) electrons. The number of hydrogen-bond acceptors (Lipinski definition) is 4. The molecular weight excluding hydrogens is 312 g/mol. The number of nitrogens with zero attached hydrogens (tertiary/aromatic N) is 2. The van der Waals surface area contributed by atoms with Crippen LogP contribution in [0.3, 0.4) is 0 Å². The monoisotopic (exact) mass is 334 g/mol. The van der Waals surface area contributed by atoms with Crippen LogP contribution in [0.2, 0.25) is 0 Å². The zero-order chi connectivity index (χ0) is 18.4. The maximum Gasteiger partial charge on any atom is 0.161 e. The van der Waals surface area contributed by atoms with Gasteiger partial charge in [-0.2, -0.15) is 10.5 Å². The van der Waals surface area contributed by atoms with Crippen molar-refractivity contribution in [2.45, 2.75) is 26.7 Å². The van der Waals surface area contributed by atoms with Crippen LogP contribution in [0.25, 0.3) is 6.08 Å². The van der Waals surface area contributed by atoms with Crippen molar-refractivity contribution in [3.63, 3.8) is 0 Å². The van der Waals surface area contributed by atoms with Gasteiger partial charge in [0.1, 0.15) is 17.7 Å². The average Bonchev–Trinajstić information content (AvgIpc) is 2.59. The van der Waals surface area contributed by atoms with Gasteiger partial charge in [-0.25, -0.2) is 0 Å². The Kier molecular flexibility index (Phi) is 5.67. The van der Waals surface area contributed by atoms with Gasteiger partial charge in [0.2, 0.25) is 0 Å². The van der Waals surface area contributed by atoms with Crippen LogP contribution < -0.4 is 9.47 Å². The Bertz CT molecular complexity index is 814. The van der Waals surface area contributed by atoms with E-state index in [2.05, 4.69) is 13.8 Å². The van der Waals surface area contributed by atoms with E-state index in [0.717, 1.165) is 29.6 Å². The Hall–Kier alpha value is -2.98. The van der Waals surface area contributed by atoms with Crippen molar-refractivity contribution in [1.29, 1.82) is 10.5 Å². The van der Waals surface area contributed by atoms with Gasteiger partial charge >= 0.3 is 0 Å². The molecule has 0 atom stereocenters. The molecule has 25 heavy (non-hydrogen) atoms. The molecule has 128 valence electrons. The molecule has 1 aromatic rings. The topological polar surface area (TPSA) is 66.0 Å². The zero-order valence-electron chi connectivity index (χ0n) is 15.1. The Morgan fingerprint density at radius 2 is 1.72 bits per heavy atom. The molecular formula is C21H22N2O2. The predicted molar refractivity (Wildman–Crippen MR) is 97.9 cm³/mol. The summed E-state index contributed by atoms with van der Waals surface area (Å²) in [5.41, 5.74) is 3.12. The second-order valence-corrected chi connectivity index (χ2v) is 6.81. The minimum absolute atomic E-state index is 0.0142. The summed E-state index contributed by atoms with van der Waals surface area (Å²) in [6.07, 6.45) is 7.63. The SMILES string of the molecule is COc1ccc(/C=C/C2=CC(=C(C#N)C#N)CC(C)(C)C2)cc1OC. The van der Waals surface area contributed by atoms with Gasteiger partial charge in [0.05, 0.1) is 14.2 Å². The van der Waals surface area contributed by atoms with Crippen molar-refractivity contribution in [2.24, 2.45) is 5.41 Å². The lowest BCUT2D eigenvalue weighted by Crippen LogP contribution is -2.17. The molecule has 0 spiro atoms. The first-order valence-corrected chi connectivity index (χ1v) is 8.06. The third kappa shape index (κ3) is 4.52. The molecule has 0 aromatic heterocycles. The lowest BCUT2D eigenvalue weighted by Gasteiger charge is -2.30. The highest BCUT2D eigenvalue weighted by atomic mass is 16.5. The van der Waals surface area contributed by atoms with Crippen LogP contribution in [0.4, 0.5) is 0 Å². The summed E-state index contributed by atoms with van der Waals surface area (Å²) in [7, 11) is 3.22. The zero-order valence-corrected chi connectivity index (χ0v) is 15.1. The Morgan fingerprint density at radius 3 is 2.32 bits per heavy atom. The van der Waals surface area contributed by atoms with E-state index in [1.54, 1.807) is 14.2 Å². The van der Waals surface area contributed by atoms with Crippen LogP contribution in [0.5, 0.6) is 11.5 Å². The largest absolute Gasteiger partial charge is 0.493 e. The molecule has 1 aliphatic carbocycles. The molecule has 4 heteroatoms. The van der Waals surface area contributed by atoms with Crippen LogP contribution in [-0.4, -0.2) is 14.2 Å². The fraction of sp³-hybridized carbons (Fsp3) is 0.333. The van der Waals surface area contributed by atoms with E-state index in [1.165, 1.54) is 0 Å². The van der Waals surface area contributed by atoms with Gasteiger partial charge in [-0.3, -0.25) is 0 Å². The van der Waals surface area contributed by atoms with Crippen molar-refractivity contribution < 1.29 is 9.47 Å². The minimum Gasteiger partial charge on any atom is -0.493 e. The second kappa shape index (κ2) is 7.73. The van der Waals surface area contributed by atoms with Gasteiger partial charge in [0, 0.05) is 0 Å². The number of rotatable bonds is 4. The molecule has 1 aliphatic rings. The molecule has 0 N–H and O–H groups in total. The Labute approximate surface area is 149 Å². The van der Waals surface area contributed by atoms with Gasteiger partial charge in [-0.15, -0.1) is 0 Å². The fourth-order valence-corrected chi connectivity index (χ4v) is 3.05. The van der Waals surface area contributed by atoms with Crippen molar-refractivity contribution in [1.82, 2.24) is 0 Å². The highest BCUT2D eigenvalue weighted by molar-refractivity contribution is 5.59. The maximum absolute atomic E-state index is 9.15. The third-order valence-corrected chi connectivity index (χ3v) is 4.15. The lowest BCUT2D eigenvalue weighted by molar-refractivity contribution is 0.354. The predicted octanol–water partition coefficient (Wildman–Crippen LogP) is 4.81. The molecule has 1 aromatic carbocycles. The van der Waals surface area contributed by atoms with E-state index < -0.39 is 0 Å². The van der Waals surface area contributed by atoms with Crippen LogP contribution in [0.1, 0.15) is 32.3 Å². The summed E-state index contributed by atoms with van der Waals surface area (Å²) in [5, 5.41) is 18.3. The molecule has 0 aliphatic heterocycles. The molecule has 0 saturated carbocycles. The second-order valence-electron chi connectivity index (χ2n) is 6.81. The maximum atomic E-state index is 9.15. The van der Waals surface area contributed by atoms with Gasteiger partial charge < -0.3 is 9.47 Å². The summed E-state index contributed by atoms with van der Waals surface area (Å²) in [4.78, 5) is 0. The summed E-state index contributed by atoms with van der Waals surface area (Å²) in [6.45, 7) is 4.30. The molecule has 0 amide bonds. The van der Waals surface area contributed by atoms with Crippen molar-refractivity contribution in [3.05, 3.63) is 52.6 Å². The quantitative estimate of drug-likeness (QED) is 0.741. The first-order valence-electron chi connectivity index (χ1n) is 8.06. The van der Waals surface area contributed by atoms with E-state index in [0.29, 0.717) is 11.5 Å². The van der Waals surface area contributed by atoms with E-state index in [9.17, 15) is 0 Å². The summed E-state index contributed by atoms with van der Waals surface area (Å²) in [5.74, 6) is 1.37. The number of nitriles is 2. The number of methoxy groups -OCH3 is 2. The van der Waals surface area contributed by atoms with Crippen molar-refractivity contribution in [2.75, 3.05) is 14.2 Å². The Morgan fingerprint density at radius 1 is 1.04 bits per heavy atom. The van der Waals surface area contributed by atoms with Gasteiger partial charge in [0.25, 0.3) is 0 Å². The molecule has 0 heterocycles. The number of allylic oxidation sites excluding steroid dienone is 5. The van der Waals surface area contributed by atoms with E-state index in [4.69, 9.17) is 20.0 Å². The van der Waals surface area contributed by atoms with Crippen molar-refractivity contribution in [3.8, 4) is 23.6 Å². The number of ether oxygens (including phenoxy) is 2. The Balaban J connectivity index is 2.35. The first-order chi connectivity index (χ1) is 11.9. The van der Waals surface area contributed by atoms with Gasteiger partial charge in [-0.05, 0) is 47.1 Å². The van der Waals surface area contributed by atoms with E-state index in [1.807, 2.05) is 48.6 Å². The van der Waals surface area contributed by atoms with Gasteiger partial charge in [-0.1, -0.05) is 38.1 Å². The highest BCUT2D eigenvalue weighted by Gasteiger charge is 2.26. The third-order valence-electron chi connectivity index (χ3n) is 4.15.